The normalized spacial score (nSPS) is 28.7. The zero-order valence-corrected chi connectivity index (χ0v) is 12.7. The quantitative estimate of drug-likeness (QED) is 0.807. The van der Waals surface area contributed by atoms with E-state index in [0.29, 0.717) is 5.41 Å². The fourth-order valence-corrected chi connectivity index (χ4v) is 3.08. The van der Waals surface area contributed by atoms with Crippen LogP contribution in [0.5, 0.6) is 0 Å². The van der Waals surface area contributed by atoms with Crippen LogP contribution in [-0.2, 0) is 4.74 Å². The summed E-state index contributed by atoms with van der Waals surface area (Å²) in [7, 11) is 0. The first-order valence-electron chi connectivity index (χ1n) is 7.62. The predicted octanol–water partition coefficient (Wildman–Crippen LogP) is 1.24. The van der Waals surface area contributed by atoms with Crippen LogP contribution < -0.4 is 5.32 Å². The molecule has 2 fully saturated rings. The van der Waals surface area contributed by atoms with Crippen LogP contribution in [0.2, 0.25) is 0 Å². The van der Waals surface area contributed by atoms with Crippen LogP contribution in [0, 0.1) is 5.41 Å². The van der Waals surface area contributed by atoms with Crippen molar-refractivity contribution < 1.29 is 9.84 Å². The maximum absolute atomic E-state index is 9.69. The number of ether oxygens (including phenoxy) is 1. The molecular weight excluding hydrogens is 240 g/mol. The van der Waals surface area contributed by atoms with Crippen LogP contribution in [0.3, 0.4) is 0 Å². The second-order valence-corrected chi connectivity index (χ2v) is 7.39. The second-order valence-electron chi connectivity index (χ2n) is 7.39. The van der Waals surface area contributed by atoms with E-state index in [0.717, 1.165) is 58.7 Å². The average Bonchev–Trinajstić information content (AvgIpc) is 2.73. The van der Waals surface area contributed by atoms with Crippen molar-refractivity contribution in [3.8, 4) is 0 Å². The molecule has 112 valence electrons. The minimum absolute atomic E-state index is 0.118. The van der Waals surface area contributed by atoms with Gasteiger partial charge in [-0.05, 0) is 45.4 Å². The van der Waals surface area contributed by atoms with Gasteiger partial charge in [-0.3, -0.25) is 0 Å². The fourth-order valence-electron chi connectivity index (χ4n) is 3.08. The van der Waals surface area contributed by atoms with Gasteiger partial charge in [0.1, 0.15) is 0 Å². The van der Waals surface area contributed by atoms with Gasteiger partial charge in [-0.15, -0.1) is 0 Å². The first-order valence-corrected chi connectivity index (χ1v) is 7.62. The van der Waals surface area contributed by atoms with Crippen molar-refractivity contribution in [1.82, 2.24) is 10.2 Å². The zero-order chi connectivity index (χ0) is 13.9. The Balaban J connectivity index is 1.93. The summed E-state index contributed by atoms with van der Waals surface area (Å²) in [5.41, 5.74) is 0.478. The van der Waals surface area contributed by atoms with E-state index in [1.54, 1.807) is 0 Å². The van der Waals surface area contributed by atoms with Crippen molar-refractivity contribution in [2.24, 2.45) is 5.41 Å². The Bertz CT molecular complexity index is 282. The first-order chi connectivity index (χ1) is 8.89. The van der Waals surface area contributed by atoms with Crippen molar-refractivity contribution in [2.45, 2.75) is 51.7 Å². The highest BCUT2D eigenvalue weighted by molar-refractivity contribution is 4.91. The summed E-state index contributed by atoms with van der Waals surface area (Å²) < 4.78 is 5.55. The number of aliphatic hydroxyl groups is 1. The van der Waals surface area contributed by atoms with E-state index in [1.165, 1.54) is 0 Å². The molecule has 0 saturated carbocycles. The lowest BCUT2D eigenvalue weighted by molar-refractivity contribution is -0.00517. The summed E-state index contributed by atoms with van der Waals surface area (Å²) in [5.74, 6) is 0. The molecule has 19 heavy (non-hydrogen) atoms. The maximum Gasteiger partial charge on any atom is 0.0679 e. The third-order valence-electron chi connectivity index (χ3n) is 4.35. The van der Waals surface area contributed by atoms with E-state index < -0.39 is 0 Å². The van der Waals surface area contributed by atoms with Crippen molar-refractivity contribution in [3.63, 3.8) is 0 Å². The zero-order valence-electron chi connectivity index (χ0n) is 12.7. The molecule has 0 amide bonds. The van der Waals surface area contributed by atoms with Crippen molar-refractivity contribution in [2.75, 3.05) is 39.4 Å². The third kappa shape index (κ3) is 4.71. The highest BCUT2D eigenvalue weighted by atomic mass is 16.5. The molecule has 2 N–H and O–H groups in total. The number of β-amino-alcohol motifs (C(OH)–C–C–N with tert-alkyl or cyclic N) is 1. The van der Waals surface area contributed by atoms with Gasteiger partial charge in [0.2, 0.25) is 0 Å². The molecule has 4 nitrogen and oxygen atoms in total. The molecule has 0 aromatic carbocycles. The minimum atomic E-state index is -0.118. The number of nitrogens with one attached hydrogen (secondary N) is 1. The average molecular weight is 270 g/mol. The van der Waals surface area contributed by atoms with E-state index in [2.05, 4.69) is 31.0 Å². The summed E-state index contributed by atoms with van der Waals surface area (Å²) >= 11 is 0. The highest BCUT2D eigenvalue weighted by Crippen LogP contribution is 2.32. The number of nitrogens with zero attached hydrogens (tertiary/aromatic N) is 1. The molecule has 0 spiro atoms. The summed E-state index contributed by atoms with van der Waals surface area (Å²) in [4.78, 5) is 2.43. The van der Waals surface area contributed by atoms with E-state index in [9.17, 15) is 5.11 Å². The first kappa shape index (κ1) is 15.2. The van der Waals surface area contributed by atoms with Crippen molar-refractivity contribution in [1.29, 1.82) is 0 Å². The lowest BCUT2D eigenvalue weighted by Gasteiger charge is -2.42. The monoisotopic (exact) mass is 270 g/mol. The molecule has 2 saturated heterocycles. The Kier molecular flexibility index (Phi) is 4.88. The Morgan fingerprint density at radius 2 is 2.00 bits per heavy atom. The number of aliphatic hydroxyl groups excluding tert-OH is 1. The lowest BCUT2D eigenvalue weighted by Crippen LogP contribution is -2.51. The third-order valence-corrected chi connectivity index (χ3v) is 4.35. The van der Waals surface area contributed by atoms with E-state index in [1.807, 2.05) is 0 Å². The Morgan fingerprint density at radius 1 is 1.32 bits per heavy atom. The Hall–Kier alpha value is -0.160. The Labute approximate surface area is 117 Å². The molecule has 1 atom stereocenters. The molecule has 0 radical (unpaired) electrons. The van der Waals surface area contributed by atoms with Crippen LogP contribution in [-0.4, -0.2) is 61.0 Å². The molecule has 0 aliphatic carbocycles. The van der Waals surface area contributed by atoms with E-state index in [-0.39, 0.29) is 11.6 Å². The number of likely N-dealkylation sites (tertiary alicyclic amines) is 1. The van der Waals surface area contributed by atoms with Crippen LogP contribution in [0.1, 0.15) is 40.0 Å². The van der Waals surface area contributed by atoms with Gasteiger partial charge in [0.05, 0.1) is 6.10 Å². The molecule has 2 aliphatic rings. The standard InChI is InChI=1S/C15H30N2O2/c1-14(2,3)16-11-15(5-8-19-9-6-15)12-17-7-4-13(18)10-17/h13,16,18H,4-12H2,1-3H3. The summed E-state index contributed by atoms with van der Waals surface area (Å²) in [5, 5.41) is 13.4. The van der Waals surface area contributed by atoms with Gasteiger partial charge in [-0.2, -0.15) is 0 Å². The largest absolute Gasteiger partial charge is 0.392 e. The molecule has 0 aromatic heterocycles. The Morgan fingerprint density at radius 3 is 2.53 bits per heavy atom. The smallest absolute Gasteiger partial charge is 0.0679 e. The van der Waals surface area contributed by atoms with Crippen LogP contribution in [0.25, 0.3) is 0 Å². The van der Waals surface area contributed by atoms with Gasteiger partial charge < -0.3 is 20.1 Å². The van der Waals surface area contributed by atoms with E-state index in [4.69, 9.17) is 4.74 Å². The van der Waals surface area contributed by atoms with Crippen LogP contribution in [0.4, 0.5) is 0 Å². The molecule has 2 rings (SSSR count). The second kappa shape index (κ2) is 6.08. The van der Waals surface area contributed by atoms with Gasteiger partial charge in [-0.25, -0.2) is 0 Å². The maximum atomic E-state index is 9.69. The number of hydrogen-bond acceptors (Lipinski definition) is 4. The summed E-state index contributed by atoms with van der Waals surface area (Å²) in [6.45, 7) is 12.4. The molecule has 1 unspecified atom stereocenters. The molecule has 0 aromatic rings. The van der Waals surface area contributed by atoms with E-state index >= 15 is 0 Å². The van der Waals surface area contributed by atoms with Crippen molar-refractivity contribution in [3.05, 3.63) is 0 Å². The van der Waals surface area contributed by atoms with Gasteiger partial charge in [-0.1, -0.05) is 0 Å². The highest BCUT2D eigenvalue weighted by Gasteiger charge is 2.36. The predicted molar refractivity (Wildman–Crippen MR) is 77.3 cm³/mol. The molecule has 0 bridgehead atoms. The summed E-state index contributed by atoms with van der Waals surface area (Å²) in [6, 6.07) is 0. The SMILES string of the molecule is CC(C)(C)NCC1(CN2CCC(O)C2)CCOCC1. The van der Waals surface area contributed by atoms with Gasteiger partial charge in [0.25, 0.3) is 0 Å². The summed E-state index contributed by atoms with van der Waals surface area (Å²) in [6.07, 6.45) is 3.07. The van der Waals surface area contributed by atoms with Crippen molar-refractivity contribution >= 4 is 0 Å². The lowest BCUT2D eigenvalue weighted by atomic mass is 9.79. The van der Waals surface area contributed by atoms with Gasteiger partial charge in [0.15, 0.2) is 0 Å². The van der Waals surface area contributed by atoms with Gasteiger partial charge in [0, 0.05) is 44.9 Å². The molecule has 2 aliphatic heterocycles. The van der Waals surface area contributed by atoms with Crippen LogP contribution in [0.15, 0.2) is 0 Å². The van der Waals surface area contributed by atoms with Gasteiger partial charge >= 0.3 is 0 Å². The minimum Gasteiger partial charge on any atom is -0.392 e. The molecule has 2 heterocycles. The number of hydrogen-bond donors (Lipinski definition) is 2. The topological polar surface area (TPSA) is 44.7 Å². The molecular formula is C15H30N2O2. The van der Waals surface area contributed by atoms with Crippen LogP contribution >= 0.6 is 0 Å². The molecule has 4 heteroatoms. The fraction of sp³-hybridized carbons (Fsp3) is 1.00. The number of rotatable bonds is 4.